The fourth-order valence-corrected chi connectivity index (χ4v) is 4.50. The van der Waals surface area contributed by atoms with Crippen molar-refractivity contribution in [2.24, 2.45) is 0 Å². The third-order valence-corrected chi connectivity index (χ3v) is 5.95. The Hall–Kier alpha value is -2.70. The highest BCUT2D eigenvalue weighted by Crippen LogP contribution is 2.40. The lowest BCUT2D eigenvalue weighted by Crippen LogP contribution is -2.36. The number of pyridine rings is 1. The molecule has 5 rings (SSSR count). The summed E-state index contributed by atoms with van der Waals surface area (Å²) in [6.07, 6.45) is 4.18. The highest BCUT2D eigenvalue weighted by atomic mass is 32.1. The quantitative estimate of drug-likeness (QED) is 0.631. The van der Waals surface area contributed by atoms with E-state index in [9.17, 15) is 0 Å². The molecule has 2 aliphatic heterocycles. The average Bonchev–Trinajstić information content (AvgIpc) is 3.51. The van der Waals surface area contributed by atoms with Gasteiger partial charge in [0.25, 0.3) is 0 Å². The highest BCUT2D eigenvalue weighted by Gasteiger charge is 2.42. The largest absolute Gasteiger partial charge is 0.459 e. The van der Waals surface area contributed by atoms with Crippen LogP contribution in [0.25, 0.3) is 11.3 Å². The molecule has 5 nitrogen and oxygen atoms in total. The van der Waals surface area contributed by atoms with E-state index in [0.29, 0.717) is 0 Å². The molecular formula is C23H23N3O2S. The number of benzene rings is 1. The number of hydrogen-bond acceptors (Lipinski definition) is 4. The van der Waals surface area contributed by atoms with Gasteiger partial charge in [-0.3, -0.25) is 4.98 Å². The average molecular weight is 406 g/mol. The van der Waals surface area contributed by atoms with Crippen LogP contribution in [0.3, 0.4) is 0 Å². The normalized spacial score (nSPS) is 24.1. The summed E-state index contributed by atoms with van der Waals surface area (Å²) in [5.41, 5.74) is 2.01. The van der Waals surface area contributed by atoms with Gasteiger partial charge in [-0.25, -0.2) is 0 Å². The van der Waals surface area contributed by atoms with Gasteiger partial charge in [-0.2, -0.15) is 0 Å². The van der Waals surface area contributed by atoms with Crippen molar-refractivity contribution in [3.8, 4) is 11.3 Å². The maximum atomic E-state index is 6.34. The number of nitrogens with one attached hydrogen (secondary N) is 1. The molecule has 0 amide bonds. The van der Waals surface area contributed by atoms with E-state index < -0.39 is 0 Å². The Balaban J connectivity index is 1.50. The summed E-state index contributed by atoms with van der Waals surface area (Å²) in [7, 11) is 0. The van der Waals surface area contributed by atoms with E-state index in [1.165, 1.54) is 0 Å². The van der Waals surface area contributed by atoms with Crippen molar-refractivity contribution < 1.29 is 9.15 Å². The maximum Gasteiger partial charge on any atom is 0.170 e. The number of thiocarbonyl (C=S) groups is 1. The van der Waals surface area contributed by atoms with Crippen molar-refractivity contribution >= 4 is 17.3 Å². The Morgan fingerprint density at radius 1 is 1.07 bits per heavy atom. The first-order valence-corrected chi connectivity index (χ1v) is 10.5. The SMILES string of the molecule is S=C1N[C@@H](c2ccccn2)[C@@H](c2ccc(-c3ccccc3)o2)N1C[C@@H]1CCCO1. The molecular weight excluding hydrogens is 382 g/mol. The standard InChI is InChI=1S/C23H23N3O2S/c29-23-25-21(18-10-4-5-13-24-18)22(26(23)15-17-9-6-14-27-17)20-12-11-19(28-20)16-7-2-1-3-8-16/h1-5,7-8,10-13,17,21-22H,6,9,14-15H2,(H,25,29)/t17-,21-,22+/m0/s1. The molecule has 29 heavy (non-hydrogen) atoms. The first-order valence-electron chi connectivity index (χ1n) is 10.0. The van der Waals surface area contributed by atoms with Gasteiger partial charge in [0.1, 0.15) is 17.6 Å². The topological polar surface area (TPSA) is 50.5 Å². The molecule has 3 aromatic rings. The highest BCUT2D eigenvalue weighted by molar-refractivity contribution is 7.80. The third-order valence-electron chi connectivity index (χ3n) is 5.60. The summed E-state index contributed by atoms with van der Waals surface area (Å²) >= 11 is 5.72. The summed E-state index contributed by atoms with van der Waals surface area (Å²) in [6, 6.07) is 20.1. The van der Waals surface area contributed by atoms with Crippen molar-refractivity contribution in [3.63, 3.8) is 0 Å². The summed E-state index contributed by atoms with van der Waals surface area (Å²) in [5, 5.41) is 4.19. The lowest BCUT2D eigenvalue weighted by atomic mass is 10.0. The minimum atomic E-state index is -0.0703. The van der Waals surface area contributed by atoms with Crippen molar-refractivity contribution in [2.45, 2.75) is 31.0 Å². The van der Waals surface area contributed by atoms with Gasteiger partial charge < -0.3 is 19.4 Å². The van der Waals surface area contributed by atoms with Gasteiger partial charge in [0.2, 0.25) is 0 Å². The molecule has 2 fully saturated rings. The van der Waals surface area contributed by atoms with Crippen molar-refractivity contribution in [3.05, 3.63) is 78.3 Å². The molecule has 2 aromatic heterocycles. The van der Waals surface area contributed by atoms with Gasteiger partial charge in [-0.1, -0.05) is 36.4 Å². The van der Waals surface area contributed by atoms with Crippen molar-refractivity contribution in [1.29, 1.82) is 0 Å². The predicted molar refractivity (Wildman–Crippen MR) is 115 cm³/mol. The van der Waals surface area contributed by atoms with Crippen molar-refractivity contribution in [1.82, 2.24) is 15.2 Å². The molecule has 2 saturated heterocycles. The zero-order chi connectivity index (χ0) is 19.6. The van der Waals surface area contributed by atoms with Crippen LogP contribution in [0.5, 0.6) is 0 Å². The Labute approximate surface area is 175 Å². The number of ether oxygens (including phenoxy) is 1. The van der Waals surface area contributed by atoms with E-state index >= 15 is 0 Å². The molecule has 0 spiro atoms. The number of rotatable bonds is 5. The lowest BCUT2D eigenvalue weighted by molar-refractivity contribution is 0.0818. The second-order valence-corrected chi connectivity index (χ2v) is 7.87. The zero-order valence-electron chi connectivity index (χ0n) is 16.0. The van der Waals surface area contributed by atoms with Crippen LogP contribution >= 0.6 is 12.2 Å². The van der Waals surface area contributed by atoms with E-state index in [2.05, 4.69) is 33.4 Å². The summed E-state index contributed by atoms with van der Waals surface area (Å²) in [5.74, 6) is 1.74. The summed E-state index contributed by atoms with van der Waals surface area (Å²) in [4.78, 5) is 6.79. The zero-order valence-corrected chi connectivity index (χ0v) is 16.8. The molecule has 3 atom stereocenters. The van der Waals surface area contributed by atoms with Crippen LogP contribution in [0.1, 0.15) is 36.4 Å². The molecule has 0 radical (unpaired) electrons. The fourth-order valence-electron chi connectivity index (χ4n) is 4.19. The fraction of sp³-hybridized carbons (Fsp3) is 0.304. The van der Waals surface area contributed by atoms with Crippen LogP contribution < -0.4 is 5.32 Å². The van der Waals surface area contributed by atoms with E-state index in [4.69, 9.17) is 21.4 Å². The molecule has 0 unspecified atom stereocenters. The molecule has 0 bridgehead atoms. The van der Waals surface area contributed by atoms with Gasteiger partial charge in [-0.05, 0) is 49.3 Å². The maximum absolute atomic E-state index is 6.34. The Bertz CT molecular complexity index is 970. The molecule has 0 aliphatic carbocycles. The van der Waals surface area contributed by atoms with E-state index in [0.717, 1.165) is 53.9 Å². The number of hydrogen-bond donors (Lipinski definition) is 1. The molecule has 1 N–H and O–H groups in total. The minimum Gasteiger partial charge on any atom is -0.459 e. The van der Waals surface area contributed by atoms with Gasteiger partial charge in [-0.15, -0.1) is 0 Å². The van der Waals surface area contributed by atoms with Gasteiger partial charge in [0.15, 0.2) is 5.11 Å². The molecule has 148 valence electrons. The lowest BCUT2D eigenvalue weighted by Gasteiger charge is -2.28. The van der Waals surface area contributed by atoms with Crippen LogP contribution in [0.4, 0.5) is 0 Å². The van der Waals surface area contributed by atoms with E-state index in [1.807, 2.05) is 48.7 Å². The smallest absolute Gasteiger partial charge is 0.170 e. The monoisotopic (exact) mass is 405 g/mol. The first kappa shape index (κ1) is 18.3. The Morgan fingerprint density at radius 2 is 1.93 bits per heavy atom. The molecule has 2 aliphatic rings. The molecule has 4 heterocycles. The molecule has 6 heteroatoms. The van der Waals surface area contributed by atoms with Crippen LogP contribution in [0, 0.1) is 0 Å². The van der Waals surface area contributed by atoms with E-state index in [-0.39, 0.29) is 18.2 Å². The molecule has 0 saturated carbocycles. The minimum absolute atomic E-state index is 0.0696. The van der Waals surface area contributed by atoms with Crippen LogP contribution in [0.15, 0.2) is 71.3 Å². The van der Waals surface area contributed by atoms with Gasteiger partial charge >= 0.3 is 0 Å². The first-order chi connectivity index (χ1) is 14.3. The van der Waals surface area contributed by atoms with Crippen LogP contribution in [-0.4, -0.2) is 34.3 Å². The third kappa shape index (κ3) is 3.66. The number of aromatic nitrogens is 1. The predicted octanol–water partition coefficient (Wildman–Crippen LogP) is 4.49. The number of furan rings is 1. The van der Waals surface area contributed by atoms with Crippen LogP contribution in [0.2, 0.25) is 0 Å². The second-order valence-electron chi connectivity index (χ2n) is 7.48. The Morgan fingerprint density at radius 3 is 2.69 bits per heavy atom. The van der Waals surface area contributed by atoms with Gasteiger partial charge in [0, 0.05) is 24.9 Å². The Kier molecular flexibility index (Phi) is 5.04. The van der Waals surface area contributed by atoms with Crippen LogP contribution in [-0.2, 0) is 4.74 Å². The molecule has 1 aromatic carbocycles. The second kappa shape index (κ2) is 7.97. The summed E-state index contributed by atoms with van der Waals surface area (Å²) < 4.78 is 12.2. The summed E-state index contributed by atoms with van der Waals surface area (Å²) in [6.45, 7) is 1.58. The number of nitrogens with zero attached hydrogens (tertiary/aromatic N) is 2. The van der Waals surface area contributed by atoms with Crippen molar-refractivity contribution in [2.75, 3.05) is 13.2 Å². The van der Waals surface area contributed by atoms with E-state index in [1.54, 1.807) is 0 Å². The van der Waals surface area contributed by atoms with Gasteiger partial charge in [0.05, 0.1) is 17.8 Å².